The Balaban J connectivity index is 2.00. The Kier molecular flexibility index (Phi) is 5.62. The lowest BCUT2D eigenvalue weighted by molar-refractivity contribution is -0.132. The third-order valence-corrected chi connectivity index (χ3v) is 3.94. The number of benzene rings is 1. The molecule has 1 aliphatic rings. The van der Waals surface area contributed by atoms with Crippen molar-refractivity contribution in [3.05, 3.63) is 29.8 Å². The molecule has 1 amide bonds. The summed E-state index contributed by atoms with van der Waals surface area (Å²) in [5.74, 6) is 1.10. The minimum atomic E-state index is 0.201. The van der Waals surface area contributed by atoms with Crippen molar-refractivity contribution in [1.82, 2.24) is 10.2 Å². The van der Waals surface area contributed by atoms with Crippen molar-refractivity contribution in [1.29, 1.82) is 0 Å². The first-order valence-corrected chi connectivity index (χ1v) is 7.78. The molecule has 2 rings (SSSR count). The van der Waals surface area contributed by atoms with E-state index in [1.54, 1.807) is 7.11 Å². The molecule has 0 aliphatic carbocycles. The first-order chi connectivity index (χ1) is 10.1. The van der Waals surface area contributed by atoms with Crippen LogP contribution in [-0.2, 0) is 4.79 Å². The Labute approximate surface area is 127 Å². The maximum Gasteiger partial charge on any atom is 0.224 e. The van der Waals surface area contributed by atoms with Crippen molar-refractivity contribution in [3.63, 3.8) is 0 Å². The van der Waals surface area contributed by atoms with Gasteiger partial charge >= 0.3 is 0 Å². The highest BCUT2D eigenvalue weighted by Crippen LogP contribution is 2.33. The van der Waals surface area contributed by atoms with Crippen LogP contribution in [0.15, 0.2) is 24.3 Å². The predicted molar refractivity (Wildman–Crippen MR) is 84.4 cm³/mol. The second-order valence-corrected chi connectivity index (χ2v) is 5.88. The first kappa shape index (κ1) is 15.8. The quantitative estimate of drug-likeness (QED) is 0.876. The fourth-order valence-corrected chi connectivity index (χ4v) is 2.87. The van der Waals surface area contributed by atoms with Crippen molar-refractivity contribution in [3.8, 4) is 5.75 Å². The van der Waals surface area contributed by atoms with Gasteiger partial charge in [-0.25, -0.2) is 0 Å². The highest BCUT2D eigenvalue weighted by atomic mass is 16.5. The van der Waals surface area contributed by atoms with Crippen molar-refractivity contribution in [2.45, 2.75) is 45.2 Å². The number of rotatable bonds is 6. The minimum Gasteiger partial charge on any atom is -0.497 e. The number of nitrogens with zero attached hydrogens (tertiary/aromatic N) is 1. The number of nitrogens with one attached hydrogen (secondary N) is 1. The second kappa shape index (κ2) is 7.46. The number of likely N-dealkylation sites (tertiary alicyclic amines) is 1. The second-order valence-electron chi connectivity index (χ2n) is 5.88. The molecule has 1 atom stereocenters. The molecule has 4 nitrogen and oxygen atoms in total. The zero-order chi connectivity index (χ0) is 15.2. The van der Waals surface area contributed by atoms with E-state index in [-0.39, 0.29) is 11.9 Å². The molecule has 0 saturated carbocycles. The van der Waals surface area contributed by atoms with Crippen LogP contribution in [0.25, 0.3) is 0 Å². The van der Waals surface area contributed by atoms with E-state index in [4.69, 9.17) is 4.74 Å². The molecule has 21 heavy (non-hydrogen) atoms. The Bertz CT molecular complexity index is 474. The maximum absolute atomic E-state index is 12.4. The number of methoxy groups -OCH3 is 1. The first-order valence-electron chi connectivity index (χ1n) is 7.78. The molecule has 1 aromatic rings. The SMILES string of the molecule is COc1cccc(C2CCCN2C(=O)CCNC(C)C)c1. The summed E-state index contributed by atoms with van der Waals surface area (Å²) in [4.78, 5) is 14.4. The fourth-order valence-electron chi connectivity index (χ4n) is 2.87. The molecule has 0 radical (unpaired) electrons. The molecule has 1 unspecified atom stereocenters. The third-order valence-electron chi connectivity index (χ3n) is 3.94. The molecule has 1 saturated heterocycles. The van der Waals surface area contributed by atoms with Crippen LogP contribution in [0.2, 0.25) is 0 Å². The van der Waals surface area contributed by atoms with E-state index in [1.807, 2.05) is 23.1 Å². The summed E-state index contributed by atoms with van der Waals surface area (Å²) in [6.45, 7) is 5.80. The summed E-state index contributed by atoms with van der Waals surface area (Å²) in [6.07, 6.45) is 2.68. The number of hydrogen-bond acceptors (Lipinski definition) is 3. The number of carbonyl (C=O) groups is 1. The molecule has 1 N–H and O–H groups in total. The molecular weight excluding hydrogens is 264 g/mol. The molecule has 1 aliphatic heterocycles. The number of amides is 1. The van der Waals surface area contributed by atoms with E-state index < -0.39 is 0 Å². The zero-order valence-corrected chi connectivity index (χ0v) is 13.3. The molecule has 0 aromatic heterocycles. The average molecular weight is 290 g/mol. The Morgan fingerprint density at radius 1 is 1.48 bits per heavy atom. The highest BCUT2D eigenvalue weighted by Gasteiger charge is 2.29. The van der Waals surface area contributed by atoms with E-state index in [9.17, 15) is 4.79 Å². The summed E-state index contributed by atoms with van der Waals surface area (Å²) in [5, 5.41) is 3.31. The van der Waals surface area contributed by atoms with Gasteiger partial charge in [-0.3, -0.25) is 4.79 Å². The number of hydrogen-bond donors (Lipinski definition) is 1. The summed E-state index contributed by atoms with van der Waals surface area (Å²) < 4.78 is 5.29. The lowest BCUT2D eigenvalue weighted by Crippen LogP contribution is -2.34. The van der Waals surface area contributed by atoms with Gasteiger partial charge in [-0.2, -0.15) is 0 Å². The monoisotopic (exact) mass is 290 g/mol. The van der Waals surface area contributed by atoms with Gasteiger partial charge in [0.15, 0.2) is 0 Å². The van der Waals surface area contributed by atoms with Gasteiger partial charge in [-0.15, -0.1) is 0 Å². The van der Waals surface area contributed by atoms with Gasteiger partial charge in [-0.1, -0.05) is 26.0 Å². The lowest BCUT2D eigenvalue weighted by atomic mass is 10.0. The van der Waals surface area contributed by atoms with Gasteiger partial charge < -0.3 is 15.0 Å². The third kappa shape index (κ3) is 4.21. The van der Waals surface area contributed by atoms with Crippen molar-refractivity contribution >= 4 is 5.91 Å². The van der Waals surface area contributed by atoms with Gasteiger partial charge in [0.25, 0.3) is 0 Å². The molecule has 116 valence electrons. The van der Waals surface area contributed by atoms with Crippen molar-refractivity contribution in [2.24, 2.45) is 0 Å². The van der Waals surface area contributed by atoms with Gasteiger partial charge in [-0.05, 0) is 30.5 Å². The molecule has 0 spiro atoms. The van der Waals surface area contributed by atoms with E-state index in [0.29, 0.717) is 12.5 Å². The summed E-state index contributed by atoms with van der Waals surface area (Å²) in [6, 6.07) is 8.69. The van der Waals surface area contributed by atoms with Crippen LogP contribution >= 0.6 is 0 Å². The maximum atomic E-state index is 12.4. The van der Waals surface area contributed by atoms with Crippen LogP contribution in [0.5, 0.6) is 5.75 Å². The van der Waals surface area contributed by atoms with Crippen LogP contribution in [-0.4, -0.2) is 37.0 Å². The predicted octanol–water partition coefficient (Wildman–Crippen LogP) is 2.75. The zero-order valence-electron chi connectivity index (χ0n) is 13.3. The van der Waals surface area contributed by atoms with Gasteiger partial charge in [0.1, 0.15) is 5.75 Å². The Morgan fingerprint density at radius 3 is 3.00 bits per heavy atom. The Morgan fingerprint density at radius 2 is 2.29 bits per heavy atom. The van der Waals surface area contributed by atoms with Crippen LogP contribution in [0.1, 0.15) is 44.7 Å². The smallest absolute Gasteiger partial charge is 0.224 e. The lowest BCUT2D eigenvalue weighted by Gasteiger charge is -2.25. The van der Waals surface area contributed by atoms with E-state index in [0.717, 1.165) is 31.7 Å². The number of carbonyl (C=O) groups excluding carboxylic acids is 1. The molecule has 1 heterocycles. The largest absolute Gasteiger partial charge is 0.497 e. The van der Waals surface area contributed by atoms with Crippen LogP contribution < -0.4 is 10.1 Å². The van der Waals surface area contributed by atoms with E-state index in [2.05, 4.69) is 25.2 Å². The number of ether oxygens (including phenoxy) is 1. The van der Waals surface area contributed by atoms with Gasteiger partial charge in [0.05, 0.1) is 13.2 Å². The van der Waals surface area contributed by atoms with Crippen LogP contribution in [0.4, 0.5) is 0 Å². The normalized spacial score (nSPS) is 18.3. The van der Waals surface area contributed by atoms with Crippen molar-refractivity contribution < 1.29 is 9.53 Å². The summed E-state index contributed by atoms with van der Waals surface area (Å²) in [7, 11) is 1.67. The molecule has 1 aromatic carbocycles. The topological polar surface area (TPSA) is 41.6 Å². The minimum absolute atomic E-state index is 0.201. The molecule has 1 fully saturated rings. The highest BCUT2D eigenvalue weighted by molar-refractivity contribution is 5.77. The van der Waals surface area contributed by atoms with Gasteiger partial charge in [0, 0.05) is 25.6 Å². The van der Waals surface area contributed by atoms with Crippen LogP contribution in [0.3, 0.4) is 0 Å². The standard InChI is InChI=1S/C17H26N2O2/c1-13(2)18-10-9-17(20)19-11-5-8-16(19)14-6-4-7-15(12-14)21-3/h4,6-7,12-13,16,18H,5,8-11H2,1-3H3. The molecule has 4 heteroatoms. The van der Waals surface area contributed by atoms with Crippen LogP contribution in [0, 0.1) is 0 Å². The van der Waals surface area contributed by atoms with E-state index in [1.165, 1.54) is 5.56 Å². The van der Waals surface area contributed by atoms with Crippen molar-refractivity contribution in [2.75, 3.05) is 20.2 Å². The van der Waals surface area contributed by atoms with Gasteiger partial charge in [0.2, 0.25) is 5.91 Å². The summed E-state index contributed by atoms with van der Waals surface area (Å²) >= 11 is 0. The molecular formula is C17H26N2O2. The van der Waals surface area contributed by atoms with E-state index >= 15 is 0 Å². The molecule has 0 bridgehead atoms. The fraction of sp³-hybridized carbons (Fsp3) is 0.588. The Hall–Kier alpha value is -1.55. The summed E-state index contributed by atoms with van der Waals surface area (Å²) in [5.41, 5.74) is 1.18. The average Bonchev–Trinajstić information content (AvgIpc) is 2.96.